The second kappa shape index (κ2) is 8.24. The Morgan fingerprint density at radius 3 is 1.78 bits per heavy atom. The Morgan fingerprint density at radius 2 is 1.37 bits per heavy atom. The van der Waals surface area contributed by atoms with E-state index in [2.05, 4.69) is 38.4 Å². The summed E-state index contributed by atoms with van der Waals surface area (Å²) < 4.78 is 0. The van der Waals surface area contributed by atoms with Crippen molar-refractivity contribution in [2.45, 2.75) is 52.6 Å². The smallest absolute Gasteiger partial charge is 0.195 e. The number of nitrogens with one attached hydrogen (secondary N) is 2. The summed E-state index contributed by atoms with van der Waals surface area (Å²) in [6, 6.07) is 15.2. The number of rotatable bonds is 6. The topological polar surface area (TPSA) is 87.3 Å². The number of hydrazine groups is 2. The van der Waals surface area contributed by atoms with Gasteiger partial charge in [0.25, 0.3) is 0 Å². The van der Waals surface area contributed by atoms with Crippen molar-refractivity contribution in [2.24, 2.45) is 5.84 Å². The summed E-state index contributed by atoms with van der Waals surface area (Å²) in [4.78, 5) is 10.3. The quantitative estimate of drug-likeness (QED) is 0.532. The number of nitrogens with two attached hydrogens (primary N) is 1. The van der Waals surface area contributed by atoms with Crippen LogP contribution in [0.25, 0.3) is 0 Å². The minimum Gasteiger partial charge on any atom is -0.556 e. The van der Waals surface area contributed by atoms with Crippen LogP contribution in [-0.4, -0.2) is 5.60 Å². The standard InChI is InChI=1S/C20H30N4O3/c1-19(2,3)15-7-9-16(10-8-15)23(22-21)17-11-13-18(14-12-17)26-24(25)27-20(4,5)6/h7-14,22,24H,21H2,1-6H3. The molecule has 2 aromatic rings. The Morgan fingerprint density at radius 1 is 0.889 bits per heavy atom. The molecule has 2 rings (SSSR count). The van der Waals surface area contributed by atoms with Crippen LogP contribution < -0.4 is 26.6 Å². The molecule has 4 N–H and O–H groups in total. The van der Waals surface area contributed by atoms with E-state index in [9.17, 15) is 5.21 Å². The van der Waals surface area contributed by atoms with Gasteiger partial charge in [0.05, 0.1) is 11.4 Å². The number of hydrogen-bond acceptors (Lipinski definition) is 6. The fraction of sp³-hybridized carbons (Fsp3) is 0.400. The average Bonchev–Trinajstić information content (AvgIpc) is 2.55. The molecule has 0 aromatic heterocycles. The normalized spacial score (nSPS) is 13.3. The van der Waals surface area contributed by atoms with Crippen LogP contribution in [-0.2, 0) is 10.3 Å². The maximum Gasteiger partial charge on any atom is 0.195 e. The Hall–Kier alpha value is -2.16. The van der Waals surface area contributed by atoms with Crippen LogP contribution in [0.4, 0.5) is 11.4 Å². The molecule has 0 aliphatic carbocycles. The molecule has 0 saturated heterocycles. The van der Waals surface area contributed by atoms with Gasteiger partial charge in [-0.05, 0) is 73.5 Å². The zero-order chi connectivity index (χ0) is 20.2. The van der Waals surface area contributed by atoms with Crippen molar-refractivity contribution in [1.29, 1.82) is 0 Å². The van der Waals surface area contributed by atoms with Gasteiger partial charge in [0.1, 0.15) is 5.60 Å². The molecule has 0 saturated carbocycles. The maximum atomic E-state index is 11.8. The van der Waals surface area contributed by atoms with E-state index < -0.39 is 11.0 Å². The summed E-state index contributed by atoms with van der Waals surface area (Å²) in [6.07, 6.45) is 0. The summed E-state index contributed by atoms with van der Waals surface area (Å²) in [5.41, 5.74) is 5.11. The van der Waals surface area contributed by atoms with E-state index >= 15 is 0 Å². The van der Waals surface area contributed by atoms with E-state index in [1.165, 1.54) is 5.56 Å². The summed E-state index contributed by atoms with van der Waals surface area (Å²) in [7, 11) is 0. The molecule has 1 atom stereocenters. The highest BCUT2D eigenvalue weighted by Crippen LogP contribution is 2.28. The van der Waals surface area contributed by atoms with Crippen LogP contribution in [0, 0.1) is 5.21 Å². The van der Waals surface area contributed by atoms with Gasteiger partial charge in [-0.2, -0.15) is 10.4 Å². The first-order chi connectivity index (χ1) is 12.5. The molecule has 0 spiro atoms. The van der Waals surface area contributed by atoms with Crippen LogP contribution in [0.3, 0.4) is 0 Å². The molecule has 27 heavy (non-hydrogen) atoms. The molecule has 7 nitrogen and oxygen atoms in total. The van der Waals surface area contributed by atoms with Crippen LogP contribution in [0.1, 0.15) is 47.1 Å². The highest BCUT2D eigenvalue weighted by Gasteiger charge is 2.18. The third-order valence-corrected chi connectivity index (χ3v) is 3.81. The lowest BCUT2D eigenvalue weighted by molar-refractivity contribution is -1.19. The van der Waals surface area contributed by atoms with Crippen molar-refractivity contribution >= 4 is 11.4 Å². The Kier molecular flexibility index (Phi) is 6.46. The molecule has 0 heterocycles. The van der Waals surface area contributed by atoms with Gasteiger partial charge in [0.2, 0.25) is 0 Å². The number of benzene rings is 2. The lowest BCUT2D eigenvalue weighted by Gasteiger charge is -2.26. The molecule has 0 bridgehead atoms. The van der Waals surface area contributed by atoms with Crippen LogP contribution in [0.5, 0.6) is 5.75 Å². The molecule has 7 heteroatoms. The number of nitrogens with zero attached hydrogens (tertiary/aromatic N) is 1. The predicted octanol–water partition coefficient (Wildman–Crippen LogP) is 2.91. The van der Waals surface area contributed by atoms with Crippen LogP contribution in [0.2, 0.25) is 0 Å². The highest BCUT2D eigenvalue weighted by atomic mass is 17.1. The Balaban J connectivity index is 2.12. The average molecular weight is 374 g/mol. The zero-order valence-corrected chi connectivity index (χ0v) is 16.9. The van der Waals surface area contributed by atoms with Crippen molar-refractivity contribution in [3.8, 4) is 5.75 Å². The molecular formula is C20H30N4O3. The largest absolute Gasteiger partial charge is 0.556 e. The number of quaternary nitrogens is 1. The van der Waals surface area contributed by atoms with Gasteiger partial charge in [0.15, 0.2) is 5.75 Å². The summed E-state index contributed by atoms with van der Waals surface area (Å²) in [5.74, 6) is 6.12. The van der Waals surface area contributed by atoms with E-state index in [-0.39, 0.29) is 5.41 Å². The van der Waals surface area contributed by atoms with Gasteiger partial charge in [-0.15, -0.1) is 0 Å². The minimum absolute atomic E-state index is 0.0835. The molecule has 148 valence electrons. The Bertz CT molecular complexity index is 719. The van der Waals surface area contributed by atoms with E-state index in [1.807, 2.05) is 12.1 Å². The van der Waals surface area contributed by atoms with E-state index in [1.54, 1.807) is 50.0 Å². The van der Waals surface area contributed by atoms with Crippen molar-refractivity contribution in [1.82, 2.24) is 5.53 Å². The van der Waals surface area contributed by atoms with Gasteiger partial charge in [-0.25, -0.2) is 0 Å². The first-order valence-corrected chi connectivity index (χ1v) is 8.87. The first-order valence-electron chi connectivity index (χ1n) is 8.87. The second-order valence-corrected chi connectivity index (χ2v) is 8.32. The van der Waals surface area contributed by atoms with E-state index in [0.717, 1.165) is 11.4 Å². The van der Waals surface area contributed by atoms with Gasteiger partial charge < -0.3 is 5.21 Å². The lowest BCUT2D eigenvalue weighted by Crippen LogP contribution is -3.09. The molecule has 0 radical (unpaired) electrons. The molecular weight excluding hydrogens is 344 g/mol. The Labute approximate surface area is 161 Å². The zero-order valence-electron chi connectivity index (χ0n) is 16.9. The summed E-state index contributed by atoms with van der Waals surface area (Å²) >= 11 is 0. The third-order valence-electron chi connectivity index (χ3n) is 3.81. The molecule has 0 fully saturated rings. The SMILES string of the molecule is CC(C)(C)O[NH+]([O-])Oc1ccc(N(NN)c2ccc(C(C)(C)C)cc2)cc1. The predicted molar refractivity (Wildman–Crippen MR) is 107 cm³/mol. The van der Waals surface area contributed by atoms with Crippen LogP contribution >= 0.6 is 0 Å². The van der Waals surface area contributed by atoms with Gasteiger partial charge in [-0.3, -0.25) is 15.7 Å². The molecule has 0 aliphatic rings. The molecule has 0 aliphatic heterocycles. The van der Waals surface area contributed by atoms with Crippen LogP contribution in [0.15, 0.2) is 48.5 Å². The monoisotopic (exact) mass is 374 g/mol. The van der Waals surface area contributed by atoms with Crippen molar-refractivity contribution in [3.05, 3.63) is 59.3 Å². The van der Waals surface area contributed by atoms with Crippen molar-refractivity contribution in [2.75, 3.05) is 5.01 Å². The molecule has 0 amide bonds. The van der Waals surface area contributed by atoms with Crippen molar-refractivity contribution in [3.63, 3.8) is 0 Å². The molecule has 1 unspecified atom stereocenters. The fourth-order valence-corrected chi connectivity index (χ4v) is 2.44. The number of hydrogen-bond donors (Lipinski definition) is 3. The van der Waals surface area contributed by atoms with E-state index in [4.69, 9.17) is 15.5 Å². The maximum absolute atomic E-state index is 11.8. The van der Waals surface area contributed by atoms with Crippen molar-refractivity contribution < 1.29 is 15.1 Å². The van der Waals surface area contributed by atoms with Gasteiger partial charge in [-0.1, -0.05) is 32.9 Å². The lowest BCUT2D eigenvalue weighted by atomic mass is 9.87. The van der Waals surface area contributed by atoms with E-state index in [0.29, 0.717) is 5.75 Å². The van der Waals surface area contributed by atoms with Gasteiger partial charge >= 0.3 is 0 Å². The second-order valence-electron chi connectivity index (χ2n) is 8.32. The summed E-state index contributed by atoms with van der Waals surface area (Å²) in [6.45, 7) is 11.9. The first kappa shape index (κ1) is 21.1. The number of anilines is 2. The third kappa shape index (κ3) is 6.20. The van der Waals surface area contributed by atoms with Gasteiger partial charge in [0, 0.05) is 0 Å². The summed E-state index contributed by atoms with van der Waals surface area (Å²) in [5, 5.41) is 12.8. The minimum atomic E-state index is -0.734. The fourth-order valence-electron chi connectivity index (χ4n) is 2.44. The molecule has 2 aromatic carbocycles. The highest BCUT2D eigenvalue weighted by molar-refractivity contribution is 5.62.